The fourth-order valence-electron chi connectivity index (χ4n) is 3.35. The van der Waals surface area contributed by atoms with Crippen LogP contribution in [0.25, 0.3) is 21.8 Å². The fourth-order valence-corrected chi connectivity index (χ4v) is 3.35. The Morgan fingerprint density at radius 3 is 2.73 bits per heavy atom. The molecular weight excluding hydrogens is 326 g/mol. The molecule has 3 rings (SSSR count). The van der Waals surface area contributed by atoms with Crippen LogP contribution in [0.4, 0.5) is 0 Å². The number of H-pyrrole nitrogens is 1. The number of hydrogen-bond donors (Lipinski definition) is 1. The third kappa shape index (κ3) is 4.17. The van der Waals surface area contributed by atoms with Crippen molar-refractivity contribution in [1.29, 1.82) is 0 Å². The van der Waals surface area contributed by atoms with Gasteiger partial charge in [0.25, 0.3) is 0 Å². The van der Waals surface area contributed by atoms with Gasteiger partial charge in [0.15, 0.2) is 0 Å². The Kier molecular flexibility index (Phi) is 6.12. The number of aromatic nitrogens is 2. The largest absolute Gasteiger partial charge is 0.493 e. The summed E-state index contributed by atoms with van der Waals surface area (Å²) in [6.07, 6.45) is 4.79. The maximum atomic E-state index is 6.02. The lowest BCUT2D eigenvalue weighted by atomic mass is 10.1. The average Bonchev–Trinajstić information content (AvgIpc) is 2.97. The van der Waals surface area contributed by atoms with Crippen molar-refractivity contribution >= 4 is 21.8 Å². The van der Waals surface area contributed by atoms with Gasteiger partial charge in [0.1, 0.15) is 5.75 Å². The Balaban J connectivity index is 1.88. The number of hydrogen-bond acceptors (Lipinski definition) is 4. The molecule has 0 fully saturated rings. The van der Waals surface area contributed by atoms with E-state index in [0.29, 0.717) is 0 Å². The van der Waals surface area contributed by atoms with Crippen LogP contribution in [0.1, 0.15) is 24.1 Å². The molecule has 140 valence electrons. The average molecular weight is 355 g/mol. The van der Waals surface area contributed by atoms with Crippen LogP contribution in [0.2, 0.25) is 0 Å². The normalized spacial score (nSPS) is 11.7. The van der Waals surface area contributed by atoms with E-state index in [9.17, 15) is 0 Å². The van der Waals surface area contributed by atoms with Crippen molar-refractivity contribution in [2.75, 3.05) is 41.0 Å². The molecule has 3 aromatic rings. The molecule has 1 N–H and O–H groups in total. The van der Waals surface area contributed by atoms with Crippen molar-refractivity contribution in [2.24, 2.45) is 0 Å². The number of pyridine rings is 1. The molecule has 0 aliphatic heterocycles. The van der Waals surface area contributed by atoms with Gasteiger partial charge in [0, 0.05) is 48.8 Å². The third-order valence-electron chi connectivity index (χ3n) is 4.65. The summed E-state index contributed by atoms with van der Waals surface area (Å²) in [6.45, 7) is 4.63. The molecule has 0 bridgehead atoms. The molecule has 0 amide bonds. The van der Waals surface area contributed by atoms with Gasteiger partial charge in [-0.05, 0) is 58.0 Å². The first-order chi connectivity index (χ1) is 12.6. The summed E-state index contributed by atoms with van der Waals surface area (Å²) in [5.74, 6) is 0.955. The van der Waals surface area contributed by atoms with Gasteiger partial charge in [-0.1, -0.05) is 0 Å². The molecule has 5 heteroatoms. The first-order valence-electron chi connectivity index (χ1n) is 9.26. The Bertz CT molecular complexity index is 870. The molecule has 5 nitrogen and oxygen atoms in total. The van der Waals surface area contributed by atoms with Crippen LogP contribution >= 0.6 is 0 Å². The number of rotatable bonds is 9. The lowest BCUT2D eigenvalue weighted by Gasteiger charge is -2.12. The van der Waals surface area contributed by atoms with E-state index in [2.05, 4.69) is 48.0 Å². The molecule has 0 radical (unpaired) electrons. The minimum Gasteiger partial charge on any atom is -0.493 e. The van der Waals surface area contributed by atoms with Crippen molar-refractivity contribution in [3.05, 3.63) is 35.7 Å². The van der Waals surface area contributed by atoms with E-state index in [1.807, 2.05) is 12.3 Å². The minimum atomic E-state index is 0.731. The van der Waals surface area contributed by atoms with E-state index in [0.717, 1.165) is 67.1 Å². The topological polar surface area (TPSA) is 50.4 Å². The Morgan fingerprint density at radius 2 is 1.96 bits per heavy atom. The quantitative estimate of drug-likeness (QED) is 0.591. The lowest BCUT2D eigenvalue weighted by molar-refractivity contribution is 0.195. The molecule has 0 aliphatic rings. The molecule has 0 spiro atoms. The van der Waals surface area contributed by atoms with E-state index in [1.54, 1.807) is 7.11 Å². The zero-order chi connectivity index (χ0) is 18.5. The Hall–Kier alpha value is -2.11. The third-order valence-corrected chi connectivity index (χ3v) is 4.65. The van der Waals surface area contributed by atoms with Crippen LogP contribution in [0.5, 0.6) is 5.75 Å². The van der Waals surface area contributed by atoms with Crippen molar-refractivity contribution in [1.82, 2.24) is 14.9 Å². The highest BCUT2D eigenvalue weighted by Crippen LogP contribution is 2.32. The number of ether oxygens (including phenoxy) is 2. The van der Waals surface area contributed by atoms with Crippen LogP contribution in [0.3, 0.4) is 0 Å². The Labute approximate surface area is 155 Å². The SMILES string of the molecule is COCCCc1nccc2[nH]c3cc(OCCCN(C)C)c(C)cc3c12. The maximum absolute atomic E-state index is 6.02. The highest BCUT2D eigenvalue weighted by molar-refractivity contribution is 6.09. The zero-order valence-corrected chi connectivity index (χ0v) is 16.3. The van der Waals surface area contributed by atoms with Crippen LogP contribution in [0.15, 0.2) is 24.4 Å². The summed E-state index contributed by atoms with van der Waals surface area (Å²) in [6, 6.07) is 6.39. The summed E-state index contributed by atoms with van der Waals surface area (Å²) in [5, 5.41) is 2.44. The number of aromatic amines is 1. The van der Waals surface area contributed by atoms with Gasteiger partial charge in [0.2, 0.25) is 0 Å². The van der Waals surface area contributed by atoms with Gasteiger partial charge < -0.3 is 19.4 Å². The first-order valence-corrected chi connectivity index (χ1v) is 9.26. The second kappa shape index (κ2) is 8.52. The zero-order valence-electron chi connectivity index (χ0n) is 16.3. The monoisotopic (exact) mass is 355 g/mol. The van der Waals surface area contributed by atoms with Crippen molar-refractivity contribution < 1.29 is 9.47 Å². The van der Waals surface area contributed by atoms with Gasteiger partial charge in [-0.2, -0.15) is 0 Å². The summed E-state index contributed by atoms with van der Waals surface area (Å²) < 4.78 is 11.2. The van der Waals surface area contributed by atoms with Crippen LogP contribution in [-0.2, 0) is 11.2 Å². The molecule has 0 saturated carbocycles. The highest BCUT2D eigenvalue weighted by Gasteiger charge is 2.12. The number of benzene rings is 1. The summed E-state index contributed by atoms with van der Waals surface area (Å²) in [4.78, 5) is 10.3. The predicted octanol–water partition coefficient (Wildman–Crippen LogP) is 3.93. The second-order valence-corrected chi connectivity index (χ2v) is 7.07. The standard InChI is InChI=1S/C21H29N3O2/c1-15-13-16-19(14-20(15)26-12-6-10-24(2)3)23-18-8-9-22-17(21(16)18)7-5-11-25-4/h8-9,13-14,23H,5-7,10-12H2,1-4H3. The fraction of sp³-hybridized carbons (Fsp3) is 0.476. The smallest absolute Gasteiger partial charge is 0.124 e. The minimum absolute atomic E-state index is 0.731. The van der Waals surface area contributed by atoms with Crippen LogP contribution in [0, 0.1) is 6.92 Å². The number of fused-ring (bicyclic) bond motifs is 3. The Morgan fingerprint density at radius 1 is 1.12 bits per heavy atom. The molecule has 2 heterocycles. The van der Waals surface area contributed by atoms with Crippen molar-refractivity contribution in [3.8, 4) is 5.75 Å². The molecular formula is C21H29N3O2. The van der Waals surface area contributed by atoms with E-state index >= 15 is 0 Å². The molecule has 0 aliphatic carbocycles. The predicted molar refractivity (Wildman–Crippen MR) is 107 cm³/mol. The number of nitrogens with one attached hydrogen (secondary N) is 1. The molecule has 0 unspecified atom stereocenters. The molecule has 2 aromatic heterocycles. The summed E-state index contributed by atoms with van der Waals surface area (Å²) in [7, 11) is 5.91. The molecule has 1 aromatic carbocycles. The molecule has 26 heavy (non-hydrogen) atoms. The van der Waals surface area contributed by atoms with Gasteiger partial charge >= 0.3 is 0 Å². The van der Waals surface area contributed by atoms with Crippen LogP contribution < -0.4 is 4.74 Å². The first kappa shape index (κ1) is 18.7. The highest BCUT2D eigenvalue weighted by atomic mass is 16.5. The summed E-state index contributed by atoms with van der Waals surface area (Å²) in [5.41, 5.74) is 4.53. The van der Waals surface area contributed by atoms with Gasteiger partial charge in [-0.3, -0.25) is 4.98 Å². The lowest BCUT2D eigenvalue weighted by Crippen LogP contribution is -2.15. The molecule has 0 atom stereocenters. The van der Waals surface area contributed by atoms with Crippen molar-refractivity contribution in [2.45, 2.75) is 26.2 Å². The number of methoxy groups -OCH3 is 1. The van der Waals surface area contributed by atoms with E-state index < -0.39 is 0 Å². The van der Waals surface area contributed by atoms with E-state index in [1.165, 1.54) is 10.8 Å². The number of nitrogens with zero attached hydrogens (tertiary/aromatic N) is 2. The van der Waals surface area contributed by atoms with E-state index in [-0.39, 0.29) is 0 Å². The van der Waals surface area contributed by atoms with Crippen molar-refractivity contribution in [3.63, 3.8) is 0 Å². The van der Waals surface area contributed by atoms with Gasteiger partial charge in [0.05, 0.1) is 17.8 Å². The van der Waals surface area contributed by atoms with E-state index in [4.69, 9.17) is 9.47 Å². The summed E-state index contributed by atoms with van der Waals surface area (Å²) >= 11 is 0. The van der Waals surface area contributed by atoms with Gasteiger partial charge in [-0.25, -0.2) is 0 Å². The van der Waals surface area contributed by atoms with Gasteiger partial charge in [-0.15, -0.1) is 0 Å². The van der Waals surface area contributed by atoms with Crippen LogP contribution in [-0.4, -0.2) is 55.8 Å². The second-order valence-electron chi connectivity index (χ2n) is 7.07. The molecule has 0 saturated heterocycles. The maximum Gasteiger partial charge on any atom is 0.124 e. The number of aryl methyl sites for hydroxylation is 2.